The van der Waals surface area contributed by atoms with Crippen LogP contribution in [-0.2, 0) is 9.13 Å². The topological polar surface area (TPSA) is 34.1 Å². The van der Waals surface area contributed by atoms with Crippen LogP contribution in [0.25, 0.3) is 54.2 Å². The number of hydrogen-bond donors (Lipinski definition) is 0. The summed E-state index contributed by atoms with van der Waals surface area (Å²) in [5, 5.41) is 12.6. The van der Waals surface area contributed by atoms with Crippen molar-refractivity contribution >= 4 is 89.2 Å². The fourth-order valence-corrected chi connectivity index (χ4v) is 14.2. The Labute approximate surface area is 326 Å². The van der Waals surface area contributed by atoms with Gasteiger partial charge in [-0.1, -0.05) is 194 Å². The summed E-state index contributed by atoms with van der Waals surface area (Å²) in [6, 6.07) is 73.6. The molecule has 0 bridgehead atoms. The Morgan fingerprint density at radius 3 is 0.982 bits per heavy atom. The highest BCUT2D eigenvalue weighted by molar-refractivity contribution is 7.86. The van der Waals surface area contributed by atoms with E-state index in [4.69, 9.17) is 0 Å². The van der Waals surface area contributed by atoms with Crippen LogP contribution < -0.4 is 31.8 Å². The van der Waals surface area contributed by atoms with Crippen LogP contribution >= 0.6 is 14.3 Å². The zero-order chi connectivity index (χ0) is 37.7. The molecule has 0 saturated heterocycles. The SMILES string of the molecule is O=P(c1ccccc1)(c1ccc2ccccc2c1)c1ccc2ccccc2c1-c1c(P(=O)(c2ccccc2)c2ccc3ccccc3c2)ccc2ccccc12. The van der Waals surface area contributed by atoms with E-state index in [9.17, 15) is 0 Å². The van der Waals surface area contributed by atoms with Crippen molar-refractivity contribution in [3.05, 3.63) is 218 Å². The van der Waals surface area contributed by atoms with E-state index in [0.29, 0.717) is 10.6 Å². The number of fused-ring (bicyclic) bond motifs is 4. The average molecular weight is 755 g/mol. The Morgan fingerprint density at radius 2 is 0.571 bits per heavy atom. The summed E-state index contributed by atoms with van der Waals surface area (Å²) in [5.74, 6) is 0. The summed E-state index contributed by atoms with van der Waals surface area (Å²) < 4.78 is 33.6. The largest absolute Gasteiger partial charge is 0.309 e. The predicted octanol–water partition coefficient (Wildman–Crippen LogP) is 11.2. The maximum Gasteiger partial charge on any atom is 0.171 e. The number of hydrogen-bond acceptors (Lipinski definition) is 2. The molecule has 266 valence electrons. The Kier molecular flexibility index (Phi) is 8.41. The minimum absolute atomic E-state index is 0.716. The van der Waals surface area contributed by atoms with Gasteiger partial charge in [0.1, 0.15) is 0 Å². The summed E-state index contributed by atoms with van der Waals surface area (Å²) in [7, 11) is -7.21. The fraction of sp³-hybridized carbons (Fsp3) is 0. The Balaban J connectivity index is 1.38. The number of rotatable bonds is 7. The number of benzene rings is 10. The van der Waals surface area contributed by atoms with E-state index >= 15 is 9.13 Å². The minimum Gasteiger partial charge on any atom is -0.309 e. The molecule has 0 amide bonds. The molecule has 10 rings (SSSR count). The maximum absolute atomic E-state index is 16.8. The van der Waals surface area contributed by atoms with Crippen molar-refractivity contribution < 1.29 is 9.13 Å². The third-order valence-corrected chi connectivity index (χ3v) is 17.3. The molecule has 10 aromatic rings. The van der Waals surface area contributed by atoms with Gasteiger partial charge < -0.3 is 9.13 Å². The van der Waals surface area contributed by atoms with Crippen LogP contribution in [0.4, 0.5) is 0 Å². The molecule has 56 heavy (non-hydrogen) atoms. The second-order valence-electron chi connectivity index (χ2n) is 14.3. The van der Waals surface area contributed by atoms with Gasteiger partial charge in [-0.15, -0.1) is 0 Å². The summed E-state index contributed by atoms with van der Waals surface area (Å²) in [6.07, 6.45) is 0. The van der Waals surface area contributed by atoms with E-state index in [2.05, 4.69) is 97.1 Å². The molecular formula is C52H36O2P2. The highest BCUT2D eigenvalue weighted by Gasteiger charge is 2.38. The van der Waals surface area contributed by atoms with Crippen LogP contribution in [0.1, 0.15) is 0 Å². The minimum atomic E-state index is -3.60. The lowest BCUT2D eigenvalue weighted by atomic mass is 9.93. The quantitative estimate of drug-likeness (QED) is 0.152. The molecule has 0 aliphatic rings. The highest BCUT2D eigenvalue weighted by Crippen LogP contribution is 2.52. The van der Waals surface area contributed by atoms with Crippen LogP contribution in [0.5, 0.6) is 0 Å². The van der Waals surface area contributed by atoms with E-state index in [1.165, 1.54) is 0 Å². The summed E-state index contributed by atoms with van der Waals surface area (Å²) in [6.45, 7) is 0. The van der Waals surface area contributed by atoms with Crippen LogP contribution in [-0.4, -0.2) is 0 Å². The molecule has 0 aliphatic heterocycles. The van der Waals surface area contributed by atoms with Crippen molar-refractivity contribution in [1.82, 2.24) is 0 Å². The van der Waals surface area contributed by atoms with Crippen LogP contribution in [0.2, 0.25) is 0 Å². The predicted molar refractivity (Wildman–Crippen MR) is 241 cm³/mol. The third kappa shape index (κ3) is 5.49. The van der Waals surface area contributed by atoms with Gasteiger partial charge in [0.05, 0.1) is 0 Å². The summed E-state index contributed by atoms with van der Waals surface area (Å²) >= 11 is 0. The van der Waals surface area contributed by atoms with Crippen molar-refractivity contribution in [2.45, 2.75) is 0 Å². The van der Waals surface area contributed by atoms with Gasteiger partial charge in [0.25, 0.3) is 0 Å². The van der Waals surface area contributed by atoms with E-state index in [0.717, 1.165) is 75.4 Å². The Bertz CT molecular complexity index is 2990. The molecule has 0 aliphatic carbocycles. The molecule has 0 spiro atoms. The zero-order valence-corrected chi connectivity index (χ0v) is 32.3. The Hall–Kier alpha value is -6.30. The first-order valence-electron chi connectivity index (χ1n) is 18.9. The first kappa shape index (κ1) is 34.2. The van der Waals surface area contributed by atoms with Crippen molar-refractivity contribution in [2.75, 3.05) is 0 Å². The van der Waals surface area contributed by atoms with Crippen molar-refractivity contribution in [3.8, 4) is 11.1 Å². The molecule has 0 radical (unpaired) electrons. The second-order valence-corrected chi connectivity index (χ2v) is 19.8. The van der Waals surface area contributed by atoms with Gasteiger partial charge >= 0.3 is 0 Å². The maximum atomic E-state index is 16.8. The highest BCUT2D eigenvalue weighted by atomic mass is 31.2. The van der Waals surface area contributed by atoms with Crippen molar-refractivity contribution in [1.29, 1.82) is 0 Å². The van der Waals surface area contributed by atoms with Gasteiger partial charge in [0, 0.05) is 43.0 Å². The van der Waals surface area contributed by atoms with Gasteiger partial charge in [-0.3, -0.25) is 0 Å². The average Bonchev–Trinajstić information content (AvgIpc) is 3.28. The van der Waals surface area contributed by atoms with Gasteiger partial charge in [-0.2, -0.15) is 0 Å². The lowest BCUT2D eigenvalue weighted by Gasteiger charge is -2.28. The normalized spacial score (nSPS) is 13.8. The molecule has 2 unspecified atom stereocenters. The third-order valence-electron chi connectivity index (χ3n) is 11.2. The monoisotopic (exact) mass is 754 g/mol. The smallest absolute Gasteiger partial charge is 0.171 e. The molecular weight excluding hydrogens is 719 g/mol. The molecule has 0 heterocycles. The summed E-state index contributed by atoms with van der Waals surface area (Å²) in [5.41, 5.74) is 1.68. The van der Waals surface area contributed by atoms with Crippen LogP contribution in [0, 0.1) is 0 Å². The first-order chi connectivity index (χ1) is 27.5. The van der Waals surface area contributed by atoms with E-state index in [-0.39, 0.29) is 0 Å². The van der Waals surface area contributed by atoms with Crippen LogP contribution in [0.3, 0.4) is 0 Å². The standard InChI is InChI=1S/C52H36O2P2/c53-55(43-21-3-1-4-22-43,45-31-27-37-15-7-9-19-41(37)35-45)49-33-29-39-17-11-13-25-47(39)51(49)52-48-26-14-12-18-40(48)30-34-50(52)56(54,44-23-5-2-6-24-44)46-32-28-38-16-8-10-20-42(38)36-46/h1-36H. The first-order valence-corrected chi connectivity index (χ1v) is 22.3. The van der Waals surface area contributed by atoms with E-state index < -0.39 is 14.3 Å². The van der Waals surface area contributed by atoms with E-state index in [1.807, 2.05) is 121 Å². The fourth-order valence-electron chi connectivity index (χ4n) is 8.45. The van der Waals surface area contributed by atoms with Crippen molar-refractivity contribution in [3.63, 3.8) is 0 Å². The van der Waals surface area contributed by atoms with Gasteiger partial charge in [0.2, 0.25) is 0 Å². The van der Waals surface area contributed by atoms with Crippen LogP contribution in [0.15, 0.2) is 218 Å². The van der Waals surface area contributed by atoms with Gasteiger partial charge in [0.15, 0.2) is 14.3 Å². The lowest BCUT2D eigenvalue weighted by Crippen LogP contribution is -2.30. The molecule has 0 fully saturated rings. The molecule has 4 heteroatoms. The molecule has 0 aromatic heterocycles. The lowest BCUT2D eigenvalue weighted by molar-refractivity contribution is 0.591. The molecule has 2 atom stereocenters. The van der Waals surface area contributed by atoms with Crippen molar-refractivity contribution in [2.24, 2.45) is 0 Å². The Morgan fingerprint density at radius 1 is 0.250 bits per heavy atom. The molecule has 0 N–H and O–H groups in total. The van der Waals surface area contributed by atoms with E-state index in [1.54, 1.807) is 0 Å². The molecule has 2 nitrogen and oxygen atoms in total. The van der Waals surface area contributed by atoms with Gasteiger partial charge in [-0.25, -0.2) is 0 Å². The zero-order valence-electron chi connectivity index (χ0n) is 30.5. The molecule has 0 saturated carbocycles. The molecule has 10 aromatic carbocycles. The second kappa shape index (κ2) is 13.8. The summed E-state index contributed by atoms with van der Waals surface area (Å²) in [4.78, 5) is 0. The van der Waals surface area contributed by atoms with Gasteiger partial charge in [-0.05, 0) is 67.4 Å².